The Morgan fingerprint density at radius 1 is 1.10 bits per heavy atom. The third-order valence-corrected chi connectivity index (χ3v) is 3.21. The minimum atomic E-state index is -0.383. The predicted octanol–water partition coefficient (Wildman–Crippen LogP) is 3.15. The number of nitro benzene ring substituents is 1. The second-order valence-electron chi connectivity index (χ2n) is 4.52. The van der Waals surface area contributed by atoms with Crippen LogP contribution in [0.1, 0.15) is 5.56 Å². The molecule has 3 rings (SSSR count). The van der Waals surface area contributed by atoms with Gasteiger partial charge < -0.3 is 5.32 Å². The molecule has 0 radical (unpaired) electrons. The van der Waals surface area contributed by atoms with E-state index in [2.05, 4.69) is 15.5 Å². The first kappa shape index (κ1) is 13.0. The van der Waals surface area contributed by atoms with Crippen LogP contribution < -0.4 is 5.32 Å². The van der Waals surface area contributed by atoms with E-state index in [1.807, 2.05) is 24.3 Å². The van der Waals surface area contributed by atoms with E-state index in [1.54, 1.807) is 24.4 Å². The molecule has 0 spiro atoms. The number of nitrogens with zero attached hydrogens (tertiary/aromatic N) is 3. The largest absolute Gasteiger partial charge is 0.364 e. The molecule has 0 saturated carbocycles. The molecule has 0 unspecified atom stereocenters. The molecule has 0 aliphatic heterocycles. The van der Waals surface area contributed by atoms with Gasteiger partial charge in [0.2, 0.25) is 0 Å². The number of hydrogen-bond acceptors (Lipinski definition) is 5. The maximum atomic E-state index is 11.0. The van der Waals surface area contributed by atoms with Crippen LogP contribution in [0.3, 0.4) is 0 Å². The van der Waals surface area contributed by atoms with Gasteiger partial charge in [-0.05, 0) is 0 Å². The fourth-order valence-corrected chi connectivity index (χ4v) is 2.18. The quantitative estimate of drug-likeness (QED) is 0.586. The fraction of sp³-hybridized carbons (Fsp3) is 0.0667. The van der Waals surface area contributed by atoms with Crippen molar-refractivity contribution in [3.05, 3.63) is 70.4 Å². The van der Waals surface area contributed by atoms with E-state index < -0.39 is 0 Å². The number of benzene rings is 2. The summed E-state index contributed by atoms with van der Waals surface area (Å²) in [6.07, 6.45) is 1.69. The van der Waals surface area contributed by atoms with E-state index >= 15 is 0 Å². The van der Waals surface area contributed by atoms with Crippen molar-refractivity contribution in [1.29, 1.82) is 0 Å². The average Bonchev–Trinajstić information content (AvgIpc) is 2.53. The Labute approximate surface area is 120 Å². The number of nitrogens with one attached hydrogen (secondary N) is 1. The highest BCUT2D eigenvalue weighted by atomic mass is 16.6. The van der Waals surface area contributed by atoms with Gasteiger partial charge >= 0.3 is 0 Å². The monoisotopic (exact) mass is 280 g/mol. The van der Waals surface area contributed by atoms with Crippen molar-refractivity contribution >= 4 is 22.3 Å². The van der Waals surface area contributed by atoms with Crippen LogP contribution in [0.5, 0.6) is 0 Å². The molecule has 0 atom stereocenters. The zero-order valence-corrected chi connectivity index (χ0v) is 11.1. The molecule has 104 valence electrons. The van der Waals surface area contributed by atoms with Crippen molar-refractivity contribution < 1.29 is 4.92 Å². The average molecular weight is 280 g/mol. The molecule has 3 aromatic rings. The molecule has 0 fully saturated rings. The Balaban J connectivity index is 1.89. The van der Waals surface area contributed by atoms with Gasteiger partial charge in [0.25, 0.3) is 5.69 Å². The maximum Gasteiger partial charge on any atom is 0.274 e. The molecule has 6 heteroatoms. The number of nitro groups is 1. The van der Waals surface area contributed by atoms with Crippen LogP contribution in [0.4, 0.5) is 11.5 Å². The molecule has 2 aromatic carbocycles. The SMILES string of the molecule is O=[N+]([O-])c1ccccc1CNc1nncc2ccccc12. The molecule has 21 heavy (non-hydrogen) atoms. The van der Waals surface area contributed by atoms with Gasteiger partial charge in [-0.3, -0.25) is 10.1 Å². The highest BCUT2D eigenvalue weighted by molar-refractivity contribution is 5.90. The maximum absolute atomic E-state index is 11.0. The van der Waals surface area contributed by atoms with Gasteiger partial charge in [0.05, 0.1) is 11.1 Å². The zero-order chi connectivity index (χ0) is 14.7. The Morgan fingerprint density at radius 2 is 1.86 bits per heavy atom. The first-order valence-corrected chi connectivity index (χ1v) is 6.42. The van der Waals surface area contributed by atoms with Gasteiger partial charge in [-0.2, -0.15) is 5.10 Å². The van der Waals surface area contributed by atoms with E-state index in [0.717, 1.165) is 10.8 Å². The van der Waals surface area contributed by atoms with Crippen molar-refractivity contribution in [2.45, 2.75) is 6.54 Å². The van der Waals surface area contributed by atoms with Gasteiger partial charge in [0, 0.05) is 28.9 Å². The van der Waals surface area contributed by atoms with Crippen LogP contribution in [-0.4, -0.2) is 15.1 Å². The van der Waals surface area contributed by atoms with Crippen LogP contribution in [0.15, 0.2) is 54.7 Å². The number of anilines is 1. The first-order valence-electron chi connectivity index (χ1n) is 6.42. The van der Waals surface area contributed by atoms with Crippen molar-refractivity contribution in [1.82, 2.24) is 10.2 Å². The van der Waals surface area contributed by atoms with Crippen molar-refractivity contribution in [2.75, 3.05) is 5.32 Å². The molecule has 0 bridgehead atoms. The summed E-state index contributed by atoms with van der Waals surface area (Å²) in [4.78, 5) is 10.6. The second kappa shape index (κ2) is 5.54. The topological polar surface area (TPSA) is 81.0 Å². The standard InChI is InChI=1S/C15H12N4O2/c20-19(21)14-8-4-2-6-12(14)9-16-15-13-7-3-1-5-11(13)10-17-18-15/h1-8,10H,9H2,(H,16,18). The van der Waals surface area contributed by atoms with Crippen LogP contribution in [0, 0.1) is 10.1 Å². The molecule has 0 aliphatic carbocycles. The summed E-state index contributed by atoms with van der Waals surface area (Å²) in [5.74, 6) is 0.617. The van der Waals surface area contributed by atoms with Crippen molar-refractivity contribution in [3.8, 4) is 0 Å². The molecule has 6 nitrogen and oxygen atoms in total. The summed E-state index contributed by atoms with van der Waals surface area (Å²) in [6, 6.07) is 14.4. The van der Waals surface area contributed by atoms with Gasteiger partial charge in [-0.15, -0.1) is 5.10 Å². The summed E-state index contributed by atoms with van der Waals surface area (Å²) in [5.41, 5.74) is 0.704. The van der Waals surface area contributed by atoms with Gasteiger partial charge in [-0.25, -0.2) is 0 Å². The smallest absolute Gasteiger partial charge is 0.274 e. The second-order valence-corrected chi connectivity index (χ2v) is 4.52. The minimum absolute atomic E-state index is 0.0956. The summed E-state index contributed by atoms with van der Waals surface area (Å²) in [5, 5.41) is 24.0. The lowest BCUT2D eigenvalue weighted by Gasteiger charge is -2.08. The van der Waals surface area contributed by atoms with Gasteiger partial charge in [0.15, 0.2) is 5.82 Å². The number of fused-ring (bicyclic) bond motifs is 1. The molecule has 1 aromatic heterocycles. The minimum Gasteiger partial charge on any atom is -0.364 e. The molecule has 1 heterocycles. The third-order valence-electron chi connectivity index (χ3n) is 3.21. The number of aromatic nitrogens is 2. The summed E-state index contributed by atoms with van der Waals surface area (Å²) < 4.78 is 0. The molecular formula is C15H12N4O2. The Morgan fingerprint density at radius 3 is 2.71 bits per heavy atom. The lowest BCUT2D eigenvalue weighted by Crippen LogP contribution is -2.05. The van der Waals surface area contributed by atoms with E-state index in [1.165, 1.54) is 6.07 Å². The Kier molecular flexibility index (Phi) is 3.42. The summed E-state index contributed by atoms with van der Waals surface area (Å²) in [7, 11) is 0. The van der Waals surface area contributed by atoms with E-state index in [4.69, 9.17) is 0 Å². The van der Waals surface area contributed by atoms with E-state index in [0.29, 0.717) is 17.9 Å². The van der Waals surface area contributed by atoms with Crippen LogP contribution >= 0.6 is 0 Å². The Bertz CT molecular complexity index is 799. The van der Waals surface area contributed by atoms with Crippen molar-refractivity contribution in [2.24, 2.45) is 0 Å². The lowest BCUT2D eigenvalue weighted by atomic mass is 10.1. The Hall–Kier alpha value is -3.02. The molecule has 1 N–H and O–H groups in total. The van der Waals surface area contributed by atoms with Crippen molar-refractivity contribution in [3.63, 3.8) is 0 Å². The molecular weight excluding hydrogens is 268 g/mol. The van der Waals surface area contributed by atoms with Crippen LogP contribution in [-0.2, 0) is 6.54 Å². The number of rotatable bonds is 4. The molecule has 0 amide bonds. The fourth-order valence-electron chi connectivity index (χ4n) is 2.18. The molecule has 0 saturated heterocycles. The third kappa shape index (κ3) is 2.64. The zero-order valence-electron chi connectivity index (χ0n) is 11.1. The number of hydrogen-bond donors (Lipinski definition) is 1. The van der Waals surface area contributed by atoms with Gasteiger partial charge in [-0.1, -0.05) is 42.5 Å². The highest BCUT2D eigenvalue weighted by Crippen LogP contribution is 2.22. The normalized spacial score (nSPS) is 10.5. The first-order chi connectivity index (χ1) is 10.3. The summed E-state index contributed by atoms with van der Waals surface area (Å²) in [6.45, 7) is 0.319. The summed E-state index contributed by atoms with van der Waals surface area (Å²) >= 11 is 0. The number of para-hydroxylation sites is 1. The lowest BCUT2D eigenvalue weighted by molar-refractivity contribution is -0.385. The highest BCUT2D eigenvalue weighted by Gasteiger charge is 2.12. The van der Waals surface area contributed by atoms with Crippen LogP contribution in [0.25, 0.3) is 10.8 Å². The molecule has 0 aliphatic rings. The van der Waals surface area contributed by atoms with E-state index in [9.17, 15) is 10.1 Å². The van der Waals surface area contributed by atoms with Gasteiger partial charge in [0.1, 0.15) is 0 Å². The van der Waals surface area contributed by atoms with E-state index in [-0.39, 0.29) is 10.6 Å². The predicted molar refractivity (Wildman–Crippen MR) is 80.0 cm³/mol. The van der Waals surface area contributed by atoms with Crippen LogP contribution in [0.2, 0.25) is 0 Å².